The largest absolute Gasteiger partial charge is 0.374 e. The van der Waals surface area contributed by atoms with Crippen molar-refractivity contribution >= 4 is 23.2 Å². The third-order valence-electron chi connectivity index (χ3n) is 4.56. The molecule has 3 rings (SSSR count). The molecule has 2 aliphatic heterocycles. The molecule has 2 amide bonds. The number of ether oxygens (including phenoxy) is 1. The second-order valence-corrected chi connectivity index (χ2v) is 5.92. The fourth-order valence-electron chi connectivity index (χ4n) is 3.30. The Morgan fingerprint density at radius 2 is 1.95 bits per heavy atom. The molecule has 2 aliphatic rings. The number of fused-ring (bicyclic) bond motifs is 1. The average molecular weight is 288 g/mol. The fraction of sp³-hybridized carbons (Fsp3) is 0.500. The monoisotopic (exact) mass is 288 g/mol. The van der Waals surface area contributed by atoms with E-state index in [0.29, 0.717) is 5.69 Å². The van der Waals surface area contributed by atoms with Gasteiger partial charge in [0.25, 0.3) is 0 Å². The van der Waals surface area contributed by atoms with Crippen molar-refractivity contribution in [3.05, 3.63) is 24.3 Å². The first-order valence-electron chi connectivity index (χ1n) is 7.34. The topological polar surface area (TPSA) is 58.6 Å². The predicted molar refractivity (Wildman–Crippen MR) is 80.1 cm³/mol. The first-order valence-corrected chi connectivity index (χ1v) is 7.34. The Balaban J connectivity index is 1.93. The van der Waals surface area contributed by atoms with Crippen LogP contribution in [-0.4, -0.2) is 30.6 Å². The minimum Gasteiger partial charge on any atom is -0.374 e. The molecule has 21 heavy (non-hydrogen) atoms. The number of benzene rings is 1. The van der Waals surface area contributed by atoms with Gasteiger partial charge in [-0.05, 0) is 31.9 Å². The molecule has 1 aromatic carbocycles. The van der Waals surface area contributed by atoms with Crippen molar-refractivity contribution in [1.29, 1.82) is 0 Å². The zero-order valence-corrected chi connectivity index (χ0v) is 12.5. The second kappa shape index (κ2) is 5.15. The van der Waals surface area contributed by atoms with Crippen LogP contribution >= 0.6 is 0 Å². The van der Waals surface area contributed by atoms with E-state index in [2.05, 4.69) is 5.32 Å². The summed E-state index contributed by atoms with van der Waals surface area (Å²) in [7, 11) is 0. The van der Waals surface area contributed by atoms with Gasteiger partial charge in [0.1, 0.15) is 6.54 Å². The summed E-state index contributed by atoms with van der Waals surface area (Å²) >= 11 is 0. The predicted octanol–water partition coefficient (Wildman–Crippen LogP) is 2.03. The van der Waals surface area contributed by atoms with E-state index >= 15 is 0 Å². The number of nitrogens with one attached hydrogen (secondary N) is 1. The van der Waals surface area contributed by atoms with Crippen molar-refractivity contribution in [3.8, 4) is 0 Å². The number of carbonyl (C=O) groups is 2. The van der Waals surface area contributed by atoms with Crippen LogP contribution in [0.15, 0.2) is 24.3 Å². The second-order valence-electron chi connectivity index (χ2n) is 5.92. The van der Waals surface area contributed by atoms with Gasteiger partial charge in [-0.15, -0.1) is 0 Å². The molecular weight excluding hydrogens is 268 g/mol. The van der Waals surface area contributed by atoms with Crippen LogP contribution in [-0.2, 0) is 14.3 Å². The summed E-state index contributed by atoms with van der Waals surface area (Å²) in [5, 5.41) is 2.80. The summed E-state index contributed by atoms with van der Waals surface area (Å²) in [6.45, 7) is 6.02. The molecule has 4 atom stereocenters. The molecule has 4 unspecified atom stereocenters. The van der Waals surface area contributed by atoms with Gasteiger partial charge in [0.2, 0.25) is 11.8 Å². The van der Waals surface area contributed by atoms with Crippen LogP contribution in [0.25, 0.3) is 0 Å². The van der Waals surface area contributed by atoms with Crippen LogP contribution in [0.3, 0.4) is 0 Å². The van der Waals surface area contributed by atoms with E-state index in [1.807, 2.05) is 45.0 Å². The van der Waals surface area contributed by atoms with Gasteiger partial charge in [0.15, 0.2) is 0 Å². The van der Waals surface area contributed by atoms with Gasteiger partial charge in [0.05, 0.1) is 29.5 Å². The molecule has 5 nitrogen and oxygen atoms in total. The molecule has 0 radical (unpaired) electrons. The number of amides is 2. The molecule has 2 heterocycles. The van der Waals surface area contributed by atoms with E-state index in [1.165, 1.54) is 0 Å². The lowest BCUT2D eigenvalue weighted by Crippen LogP contribution is -2.47. The summed E-state index contributed by atoms with van der Waals surface area (Å²) in [6.07, 6.45) is -0.0672. The Morgan fingerprint density at radius 3 is 2.62 bits per heavy atom. The maximum atomic E-state index is 12.9. The van der Waals surface area contributed by atoms with Crippen LogP contribution in [0, 0.1) is 11.8 Å². The Morgan fingerprint density at radius 1 is 1.24 bits per heavy atom. The Labute approximate surface area is 124 Å². The van der Waals surface area contributed by atoms with Gasteiger partial charge >= 0.3 is 0 Å². The minimum absolute atomic E-state index is 0.0262. The highest BCUT2D eigenvalue weighted by molar-refractivity contribution is 6.10. The SMILES string of the molecule is CC1OC(C)C(C(=O)N2CC(=O)Nc3ccccc32)C1C. The minimum atomic E-state index is -0.209. The summed E-state index contributed by atoms with van der Waals surface area (Å²) < 4.78 is 5.76. The normalized spacial score (nSPS) is 31.8. The first kappa shape index (κ1) is 14.1. The zero-order chi connectivity index (χ0) is 15.1. The van der Waals surface area contributed by atoms with Gasteiger partial charge in [-0.2, -0.15) is 0 Å². The van der Waals surface area contributed by atoms with E-state index in [9.17, 15) is 9.59 Å². The number of nitrogens with zero attached hydrogens (tertiary/aromatic N) is 1. The summed E-state index contributed by atoms with van der Waals surface area (Å²) in [4.78, 5) is 26.4. The quantitative estimate of drug-likeness (QED) is 0.860. The van der Waals surface area contributed by atoms with Gasteiger partial charge < -0.3 is 15.0 Å². The van der Waals surface area contributed by atoms with Gasteiger partial charge in [-0.25, -0.2) is 0 Å². The Kier molecular flexibility index (Phi) is 3.45. The van der Waals surface area contributed by atoms with E-state index in [1.54, 1.807) is 4.90 Å². The summed E-state index contributed by atoms with van der Waals surface area (Å²) in [6, 6.07) is 7.39. The number of hydrogen-bond donors (Lipinski definition) is 1. The molecule has 0 spiro atoms. The molecule has 112 valence electrons. The fourth-order valence-corrected chi connectivity index (χ4v) is 3.30. The van der Waals surface area contributed by atoms with Crippen LogP contribution in [0.5, 0.6) is 0 Å². The number of anilines is 2. The van der Waals surface area contributed by atoms with E-state index < -0.39 is 0 Å². The van der Waals surface area contributed by atoms with Crippen molar-refractivity contribution < 1.29 is 14.3 Å². The maximum absolute atomic E-state index is 12.9. The van der Waals surface area contributed by atoms with Crippen molar-refractivity contribution in [2.24, 2.45) is 11.8 Å². The Hall–Kier alpha value is -1.88. The van der Waals surface area contributed by atoms with Gasteiger partial charge in [-0.3, -0.25) is 9.59 Å². The number of rotatable bonds is 1. The highest BCUT2D eigenvalue weighted by Gasteiger charge is 2.44. The van der Waals surface area contributed by atoms with Gasteiger partial charge in [-0.1, -0.05) is 19.1 Å². The third kappa shape index (κ3) is 2.31. The molecule has 0 aliphatic carbocycles. The van der Waals surface area contributed by atoms with E-state index in [0.717, 1.165) is 5.69 Å². The molecule has 1 saturated heterocycles. The first-order chi connectivity index (χ1) is 9.99. The summed E-state index contributed by atoms with van der Waals surface area (Å²) in [5.74, 6) is -0.250. The lowest BCUT2D eigenvalue weighted by atomic mass is 9.88. The van der Waals surface area contributed by atoms with Crippen molar-refractivity contribution in [2.45, 2.75) is 33.0 Å². The maximum Gasteiger partial charge on any atom is 0.244 e. The highest BCUT2D eigenvalue weighted by Crippen LogP contribution is 2.37. The van der Waals surface area contributed by atoms with Crippen LogP contribution in [0.2, 0.25) is 0 Å². The van der Waals surface area contributed by atoms with E-state index in [-0.39, 0.29) is 42.4 Å². The smallest absolute Gasteiger partial charge is 0.244 e. The van der Waals surface area contributed by atoms with Crippen molar-refractivity contribution in [3.63, 3.8) is 0 Å². The lowest BCUT2D eigenvalue weighted by molar-refractivity contribution is -0.126. The highest BCUT2D eigenvalue weighted by atomic mass is 16.5. The van der Waals surface area contributed by atoms with Crippen LogP contribution in [0.4, 0.5) is 11.4 Å². The third-order valence-corrected chi connectivity index (χ3v) is 4.56. The average Bonchev–Trinajstić information content (AvgIpc) is 2.70. The number of carbonyl (C=O) groups excluding carboxylic acids is 2. The molecule has 1 fully saturated rings. The van der Waals surface area contributed by atoms with Crippen molar-refractivity contribution in [2.75, 3.05) is 16.8 Å². The van der Waals surface area contributed by atoms with Gasteiger partial charge in [0, 0.05) is 0 Å². The molecule has 5 heteroatoms. The standard InChI is InChI=1S/C16H20N2O3/c1-9-10(2)21-11(3)15(9)16(20)18-8-14(19)17-12-6-4-5-7-13(12)18/h4-7,9-11,15H,8H2,1-3H3,(H,17,19). The number of para-hydroxylation sites is 2. The zero-order valence-electron chi connectivity index (χ0n) is 12.5. The molecular formula is C16H20N2O3. The van der Waals surface area contributed by atoms with Crippen molar-refractivity contribution in [1.82, 2.24) is 0 Å². The number of hydrogen-bond acceptors (Lipinski definition) is 3. The van der Waals surface area contributed by atoms with Crippen LogP contribution < -0.4 is 10.2 Å². The van der Waals surface area contributed by atoms with Crippen LogP contribution in [0.1, 0.15) is 20.8 Å². The molecule has 0 aromatic heterocycles. The molecule has 1 N–H and O–H groups in total. The van der Waals surface area contributed by atoms with E-state index in [4.69, 9.17) is 4.74 Å². The molecule has 0 saturated carbocycles. The Bertz CT molecular complexity index is 587. The lowest BCUT2D eigenvalue weighted by Gasteiger charge is -2.32. The molecule has 0 bridgehead atoms. The summed E-state index contributed by atoms with van der Waals surface area (Å²) in [5.41, 5.74) is 1.45. The molecule has 1 aromatic rings.